The van der Waals surface area contributed by atoms with E-state index in [2.05, 4.69) is 0 Å². The highest BCUT2D eigenvalue weighted by atomic mass is 32.1. The number of carboxylic acid groups (broad SMARTS) is 1. The number of aromatic carboxylic acids is 1. The molecule has 2 rings (SSSR count). The molecule has 20 heavy (non-hydrogen) atoms. The number of likely N-dealkylation sites (tertiary alicyclic amines) is 1. The van der Waals surface area contributed by atoms with Gasteiger partial charge in [-0.1, -0.05) is 19.3 Å². The van der Waals surface area contributed by atoms with Crippen LogP contribution in [0.5, 0.6) is 5.75 Å². The molecule has 1 saturated heterocycles. The number of rotatable bonds is 4. The van der Waals surface area contributed by atoms with Gasteiger partial charge in [-0.15, -0.1) is 11.3 Å². The van der Waals surface area contributed by atoms with E-state index < -0.39 is 5.97 Å². The van der Waals surface area contributed by atoms with Crippen molar-refractivity contribution in [3.8, 4) is 5.75 Å². The van der Waals surface area contributed by atoms with Crippen molar-refractivity contribution in [1.29, 1.82) is 0 Å². The molecule has 1 amide bonds. The molecule has 1 fully saturated rings. The number of carbonyl (C=O) groups excluding carboxylic acids is 1. The molecule has 0 bridgehead atoms. The van der Waals surface area contributed by atoms with E-state index >= 15 is 0 Å². The highest BCUT2D eigenvalue weighted by Crippen LogP contribution is 2.21. The summed E-state index contributed by atoms with van der Waals surface area (Å²) in [6.45, 7) is 1.58. The first-order valence-corrected chi connectivity index (χ1v) is 7.77. The summed E-state index contributed by atoms with van der Waals surface area (Å²) in [5.74, 6) is -0.539. The number of nitrogens with zero attached hydrogens (tertiary/aromatic N) is 1. The molecule has 0 aromatic carbocycles. The summed E-state index contributed by atoms with van der Waals surface area (Å²) in [5, 5.41) is 10.4. The van der Waals surface area contributed by atoms with E-state index in [-0.39, 0.29) is 17.4 Å². The van der Waals surface area contributed by atoms with Crippen LogP contribution in [0.15, 0.2) is 11.4 Å². The second-order valence-corrected chi connectivity index (χ2v) is 5.80. The Bertz CT molecular complexity index is 463. The first kappa shape index (κ1) is 14.8. The van der Waals surface area contributed by atoms with E-state index in [1.165, 1.54) is 25.3 Å². The first-order valence-electron chi connectivity index (χ1n) is 6.89. The number of carbonyl (C=O) groups is 2. The number of hydrogen-bond donors (Lipinski definition) is 1. The van der Waals surface area contributed by atoms with Gasteiger partial charge in [0.25, 0.3) is 5.91 Å². The molecule has 1 aromatic rings. The largest absolute Gasteiger partial charge is 0.483 e. The molecule has 1 N–H and O–H groups in total. The number of amides is 1. The third-order valence-electron chi connectivity index (χ3n) is 3.36. The molecule has 1 aliphatic heterocycles. The highest BCUT2D eigenvalue weighted by molar-refractivity contribution is 7.12. The molecule has 1 aliphatic rings. The lowest BCUT2D eigenvalue weighted by atomic mass is 10.1. The molecule has 1 aromatic heterocycles. The van der Waals surface area contributed by atoms with Gasteiger partial charge in [0.15, 0.2) is 6.61 Å². The van der Waals surface area contributed by atoms with Crippen LogP contribution in [-0.4, -0.2) is 41.6 Å². The Kier molecular flexibility index (Phi) is 5.40. The summed E-state index contributed by atoms with van der Waals surface area (Å²) in [6.07, 6.45) is 5.71. The van der Waals surface area contributed by atoms with Crippen LogP contribution in [0.4, 0.5) is 0 Å². The van der Waals surface area contributed by atoms with Crippen LogP contribution in [0, 0.1) is 0 Å². The molecule has 6 heteroatoms. The van der Waals surface area contributed by atoms with Gasteiger partial charge in [0.1, 0.15) is 10.6 Å². The molecule has 0 radical (unpaired) electrons. The second-order valence-electron chi connectivity index (χ2n) is 4.89. The Labute approximate surface area is 122 Å². The summed E-state index contributed by atoms with van der Waals surface area (Å²) in [6, 6.07) is 1.45. The van der Waals surface area contributed by atoms with Crippen molar-refractivity contribution in [3.63, 3.8) is 0 Å². The molecule has 0 spiro atoms. The molecule has 0 atom stereocenters. The van der Waals surface area contributed by atoms with Crippen molar-refractivity contribution >= 4 is 23.2 Å². The van der Waals surface area contributed by atoms with Crippen LogP contribution >= 0.6 is 11.3 Å². The zero-order chi connectivity index (χ0) is 14.4. The quantitative estimate of drug-likeness (QED) is 0.927. The van der Waals surface area contributed by atoms with Crippen LogP contribution in [0.2, 0.25) is 0 Å². The lowest BCUT2D eigenvalue weighted by Gasteiger charge is -2.24. The summed E-state index contributed by atoms with van der Waals surface area (Å²) in [5.41, 5.74) is 0. The predicted molar refractivity (Wildman–Crippen MR) is 76.4 cm³/mol. The maximum absolute atomic E-state index is 12.1. The maximum atomic E-state index is 12.1. The summed E-state index contributed by atoms with van der Waals surface area (Å²) in [4.78, 5) is 24.9. The molecule has 2 heterocycles. The number of thiophene rings is 1. The van der Waals surface area contributed by atoms with Crippen molar-refractivity contribution < 1.29 is 19.4 Å². The topological polar surface area (TPSA) is 66.8 Å². The van der Waals surface area contributed by atoms with E-state index in [4.69, 9.17) is 9.84 Å². The Morgan fingerprint density at radius 2 is 1.85 bits per heavy atom. The zero-order valence-electron chi connectivity index (χ0n) is 11.3. The molecule has 0 unspecified atom stereocenters. The van der Waals surface area contributed by atoms with Gasteiger partial charge < -0.3 is 14.7 Å². The van der Waals surface area contributed by atoms with Crippen molar-refractivity contribution in [3.05, 3.63) is 16.3 Å². The normalized spacial score (nSPS) is 16.3. The molecule has 5 nitrogen and oxygen atoms in total. The number of carboxylic acids is 1. The van der Waals surface area contributed by atoms with Gasteiger partial charge in [-0.2, -0.15) is 0 Å². The van der Waals surface area contributed by atoms with Gasteiger partial charge in [-0.05, 0) is 12.8 Å². The Hall–Kier alpha value is -1.56. The van der Waals surface area contributed by atoms with E-state index in [1.54, 1.807) is 5.38 Å². The van der Waals surface area contributed by atoms with Crippen molar-refractivity contribution in [2.24, 2.45) is 0 Å². The van der Waals surface area contributed by atoms with Crippen LogP contribution < -0.4 is 4.74 Å². The minimum absolute atomic E-state index is 0.0181. The van der Waals surface area contributed by atoms with E-state index in [0.29, 0.717) is 5.75 Å². The van der Waals surface area contributed by atoms with E-state index in [0.717, 1.165) is 37.3 Å². The van der Waals surface area contributed by atoms with Crippen LogP contribution in [-0.2, 0) is 4.79 Å². The summed E-state index contributed by atoms with van der Waals surface area (Å²) >= 11 is 1.10. The number of ether oxygens (including phenoxy) is 1. The van der Waals surface area contributed by atoms with Crippen LogP contribution in [0.25, 0.3) is 0 Å². The Morgan fingerprint density at radius 3 is 2.45 bits per heavy atom. The lowest BCUT2D eigenvalue weighted by molar-refractivity contribution is -0.133. The average molecular weight is 297 g/mol. The van der Waals surface area contributed by atoms with Gasteiger partial charge in [0.2, 0.25) is 0 Å². The van der Waals surface area contributed by atoms with Gasteiger partial charge in [-0.3, -0.25) is 4.79 Å². The third-order valence-corrected chi connectivity index (χ3v) is 4.25. The fourth-order valence-electron chi connectivity index (χ4n) is 2.24. The Balaban J connectivity index is 1.82. The Morgan fingerprint density at radius 1 is 1.20 bits per heavy atom. The minimum Gasteiger partial charge on any atom is -0.483 e. The fourth-order valence-corrected chi connectivity index (χ4v) is 2.90. The lowest BCUT2D eigenvalue weighted by Crippen LogP contribution is -2.37. The molecule has 110 valence electrons. The van der Waals surface area contributed by atoms with Crippen LogP contribution in [0.3, 0.4) is 0 Å². The van der Waals surface area contributed by atoms with E-state index in [1.807, 2.05) is 4.90 Å². The van der Waals surface area contributed by atoms with Crippen LogP contribution in [0.1, 0.15) is 41.8 Å². The standard InChI is InChI=1S/C14H19NO4S/c16-13(15-6-4-2-1-3-5-7-15)9-19-11-8-12(14(17)18)20-10-11/h8,10H,1-7,9H2,(H,17,18). The molecule has 0 aliphatic carbocycles. The highest BCUT2D eigenvalue weighted by Gasteiger charge is 2.16. The molecular formula is C14H19NO4S. The van der Waals surface area contributed by atoms with Crippen molar-refractivity contribution in [2.45, 2.75) is 32.1 Å². The smallest absolute Gasteiger partial charge is 0.346 e. The second kappa shape index (κ2) is 7.28. The SMILES string of the molecule is O=C(O)c1cc(OCC(=O)N2CCCCCCC2)cs1. The summed E-state index contributed by atoms with van der Waals surface area (Å²) in [7, 11) is 0. The molecular weight excluding hydrogens is 278 g/mol. The monoisotopic (exact) mass is 297 g/mol. The molecule has 0 saturated carbocycles. The van der Waals surface area contributed by atoms with Crippen molar-refractivity contribution in [2.75, 3.05) is 19.7 Å². The maximum Gasteiger partial charge on any atom is 0.346 e. The van der Waals surface area contributed by atoms with Gasteiger partial charge in [0, 0.05) is 24.5 Å². The zero-order valence-corrected chi connectivity index (χ0v) is 12.2. The summed E-state index contributed by atoms with van der Waals surface area (Å²) < 4.78 is 5.38. The van der Waals surface area contributed by atoms with Gasteiger partial charge in [0.05, 0.1) is 0 Å². The first-order chi connectivity index (χ1) is 9.66. The van der Waals surface area contributed by atoms with Crippen molar-refractivity contribution in [1.82, 2.24) is 4.90 Å². The minimum atomic E-state index is -0.972. The van der Waals surface area contributed by atoms with Gasteiger partial charge in [-0.25, -0.2) is 4.79 Å². The predicted octanol–water partition coefficient (Wildman–Crippen LogP) is 2.62. The number of hydrogen-bond acceptors (Lipinski definition) is 4. The fraction of sp³-hybridized carbons (Fsp3) is 0.571. The van der Waals surface area contributed by atoms with E-state index in [9.17, 15) is 9.59 Å². The average Bonchev–Trinajstić information content (AvgIpc) is 2.84. The third kappa shape index (κ3) is 4.23. The van der Waals surface area contributed by atoms with Gasteiger partial charge >= 0.3 is 5.97 Å².